The van der Waals surface area contributed by atoms with Crippen LogP contribution in [0.25, 0.3) is 10.9 Å². The van der Waals surface area contributed by atoms with Gasteiger partial charge in [0.25, 0.3) is 0 Å². The van der Waals surface area contributed by atoms with Crippen LogP contribution < -0.4 is 14.8 Å². The molecule has 30 heavy (non-hydrogen) atoms. The molecule has 3 aromatic rings. The fraction of sp³-hybridized carbons (Fsp3) is 0.333. The molecule has 0 aliphatic carbocycles. The highest BCUT2D eigenvalue weighted by Gasteiger charge is 2.19. The number of nitrogens with zero attached hydrogens (tertiary/aromatic N) is 2. The van der Waals surface area contributed by atoms with Crippen LogP contribution in [0, 0.1) is 18.3 Å². The van der Waals surface area contributed by atoms with E-state index in [4.69, 9.17) is 9.47 Å². The van der Waals surface area contributed by atoms with Gasteiger partial charge in [-0.15, -0.1) is 0 Å². The van der Waals surface area contributed by atoms with Gasteiger partial charge in [0.15, 0.2) is 11.5 Å². The predicted molar refractivity (Wildman–Crippen MR) is 115 cm³/mol. The fourth-order valence-electron chi connectivity index (χ4n) is 3.98. The Morgan fingerprint density at radius 2 is 1.97 bits per heavy atom. The van der Waals surface area contributed by atoms with Crippen LogP contribution >= 0.6 is 0 Å². The molecule has 1 amide bonds. The molecule has 2 aromatic carbocycles. The molecule has 0 saturated carbocycles. The number of carbonyl (C=O) groups excluding carboxylic acids is 1. The Balaban J connectivity index is 1.55. The number of amides is 1. The van der Waals surface area contributed by atoms with Gasteiger partial charge in [-0.05, 0) is 37.1 Å². The molecule has 1 unspecified atom stereocenters. The summed E-state index contributed by atoms with van der Waals surface area (Å²) in [5.41, 5.74) is 3.30. The van der Waals surface area contributed by atoms with Crippen molar-refractivity contribution in [3.63, 3.8) is 0 Å². The van der Waals surface area contributed by atoms with Crippen molar-refractivity contribution in [3.05, 3.63) is 59.3 Å². The molecule has 0 spiro atoms. The van der Waals surface area contributed by atoms with Crippen molar-refractivity contribution in [2.45, 2.75) is 39.3 Å². The molecular weight excluding hydrogens is 378 g/mol. The maximum atomic E-state index is 12.9. The number of nitrogens with one attached hydrogen (secondary N) is 1. The molecule has 6 nitrogen and oxygen atoms in total. The van der Waals surface area contributed by atoms with E-state index < -0.39 is 0 Å². The highest BCUT2D eigenvalue weighted by atomic mass is 16.5. The molecule has 0 saturated heterocycles. The van der Waals surface area contributed by atoms with Gasteiger partial charge in [-0.3, -0.25) is 4.79 Å². The summed E-state index contributed by atoms with van der Waals surface area (Å²) in [6, 6.07) is 15.7. The first-order chi connectivity index (χ1) is 14.6. The van der Waals surface area contributed by atoms with Crippen LogP contribution in [-0.4, -0.2) is 23.7 Å². The molecule has 1 N–H and O–H groups in total. The molecule has 6 heteroatoms. The van der Waals surface area contributed by atoms with E-state index in [0.29, 0.717) is 18.8 Å². The van der Waals surface area contributed by atoms with Crippen LogP contribution in [-0.2, 0) is 11.3 Å². The standard InChI is InChI=1S/C24H25N3O3/c1-3-20(17-9-10-22-23(13-17)30-12-6-11-29-22)26-24(28)15-27-16(2)19(14-25)18-7-4-5-8-21(18)27/h4-5,7-10,13,20H,3,6,11-12,15H2,1-2H3,(H,26,28). The smallest absolute Gasteiger partial charge is 0.240 e. The van der Waals surface area contributed by atoms with Gasteiger partial charge in [0.1, 0.15) is 12.6 Å². The molecule has 0 fully saturated rings. The van der Waals surface area contributed by atoms with Crippen molar-refractivity contribution in [2.75, 3.05) is 13.2 Å². The lowest BCUT2D eigenvalue weighted by Crippen LogP contribution is -2.31. The van der Waals surface area contributed by atoms with E-state index in [1.807, 2.05) is 60.9 Å². The lowest BCUT2D eigenvalue weighted by molar-refractivity contribution is -0.122. The van der Waals surface area contributed by atoms with Crippen LogP contribution in [0.15, 0.2) is 42.5 Å². The van der Waals surface area contributed by atoms with E-state index in [2.05, 4.69) is 11.4 Å². The van der Waals surface area contributed by atoms with Gasteiger partial charge in [-0.25, -0.2) is 0 Å². The second-order valence-corrected chi connectivity index (χ2v) is 7.46. The number of aromatic nitrogens is 1. The molecule has 0 radical (unpaired) electrons. The first-order valence-corrected chi connectivity index (χ1v) is 10.3. The third-order valence-corrected chi connectivity index (χ3v) is 5.56. The first-order valence-electron chi connectivity index (χ1n) is 10.3. The molecule has 1 aromatic heterocycles. The fourth-order valence-corrected chi connectivity index (χ4v) is 3.98. The summed E-state index contributed by atoms with van der Waals surface area (Å²) in [6.45, 7) is 5.36. The SMILES string of the molecule is CCC(NC(=O)Cn1c(C)c(C#N)c2ccccc21)c1ccc2c(c1)OCCCO2. The third kappa shape index (κ3) is 3.71. The highest BCUT2D eigenvalue weighted by Crippen LogP contribution is 2.33. The molecule has 1 aliphatic rings. The second-order valence-electron chi connectivity index (χ2n) is 7.46. The third-order valence-electron chi connectivity index (χ3n) is 5.56. The van der Waals surface area contributed by atoms with Crippen LogP contribution in [0.2, 0.25) is 0 Å². The number of para-hydroxylation sites is 1. The van der Waals surface area contributed by atoms with Crippen LogP contribution in [0.3, 0.4) is 0 Å². The number of hydrogen-bond donors (Lipinski definition) is 1. The molecule has 0 bridgehead atoms. The summed E-state index contributed by atoms with van der Waals surface area (Å²) in [4.78, 5) is 12.9. The van der Waals surface area contributed by atoms with Crippen LogP contribution in [0.1, 0.15) is 42.6 Å². The Morgan fingerprint density at radius 3 is 2.73 bits per heavy atom. The minimum atomic E-state index is -0.132. The maximum absolute atomic E-state index is 12.9. The maximum Gasteiger partial charge on any atom is 0.240 e. The van der Waals surface area contributed by atoms with Crippen LogP contribution in [0.4, 0.5) is 0 Å². The van der Waals surface area contributed by atoms with Gasteiger partial charge < -0.3 is 19.4 Å². The van der Waals surface area contributed by atoms with Gasteiger partial charge in [0.2, 0.25) is 5.91 Å². The van der Waals surface area contributed by atoms with Crippen molar-refractivity contribution < 1.29 is 14.3 Å². The second kappa shape index (κ2) is 8.50. The van der Waals surface area contributed by atoms with Crippen molar-refractivity contribution in [1.82, 2.24) is 9.88 Å². The largest absolute Gasteiger partial charge is 0.490 e. The van der Waals surface area contributed by atoms with Crippen molar-refractivity contribution >= 4 is 16.8 Å². The van der Waals surface area contributed by atoms with Gasteiger partial charge in [0, 0.05) is 17.5 Å². The Kier molecular flexibility index (Phi) is 5.62. The number of rotatable bonds is 5. The van der Waals surface area contributed by atoms with E-state index >= 15 is 0 Å². The quantitative estimate of drug-likeness (QED) is 0.691. The average molecular weight is 403 g/mol. The number of benzene rings is 2. The number of nitriles is 1. The molecular formula is C24H25N3O3. The number of carbonyl (C=O) groups is 1. The van der Waals surface area contributed by atoms with Crippen LogP contribution in [0.5, 0.6) is 11.5 Å². The van der Waals surface area contributed by atoms with E-state index in [1.54, 1.807) is 0 Å². The minimum Gasteiger partial charge on any atom is -0.490 e. The zero-order valence-electron chi connectivity index (χ0n) is 17.3. The monoisotopic (exact) mass is 403 g/mol. The summed E-state index contributed by atoms with van der Waals surface area (Å²) in [7, 11) is 0. The zero-order chi connectivity index (χ0) is 21.1. The molecule has 1 atom stereocenters. The Labute approximate surface area is 176 Å². The van der Waals surface area contributed by atoms with E-state index in [-0.39, 0.29) is 18.5 Å². The van der Waals surface area contributed by atoms with Crippen molar-refractivity contribution in [3.8, 4) is 17.6 Å². The summed E-state index contributed by atoms with van der Waals surface area (Å²) in [5.74, 6) is 1.38. The number of hydrogen-bond acceptors (Lipinski definition) is 4. The minimum absolute atomic E-state index is 0.0951. The highest BCUT2D eigenvalue weighted by molar-refractivity contribution is 5.89. The summed E-state index contributed by atoms with van der Waals surface area (Å²) >= 11 is 0. The molecule has 2 heterocycles. The predicted octanol–water partition coefficient (Wildman–Crippen LogP) is 4.25. The summed E-state index contributed by atoms with van der Waals surface area (Å²) in [5, 5.41) is 13.5. The summed E-state index contributed by atoms with van der Waals surface area (Å²) in [6.07, 6.45) is 1.60. The molecule has 4 rings (SSSR count). The number of ether oxygens (including phenoxy) is 2. The van der Waals surface area contributed by atoms with Gasteiger partial charge in [0.05, 0.1) is 30.3 Å². The van der Waals surface area contributed by atoms with Crippen molar-refractivity contribution in [2.24, 2.45) is 0 Å². The van der Waals surface area contributed by atoms with E-state index in [9.17, 15) is 10.1 Å². The van der Waals surface area contributed by atoms with E-state index in [1.165, 1.54) is 0 Å². The lowest BCUT2D eigenvalue weighted by atomic mass is 10.0. The lowest BCUT2D eigenvalue weighted by Gasteiger charge is -2.20. The average Bonchev–Trinajstić information content (AvgIpc) is 2.90. The Bertz CT molecular complexity index is 1130. The topological polar surface area (TPSA) is 76.3 Å². The van der Waals surface area contributed by atoms with Crippen molar-refractivity contribution in [1.29, 1.82) is 5.26 Å². The first kappa shape index (κ1) is 19.8. The Morgan fingerprint density at radius 1 is 1.20 bits per heavy atom. The normalized spacial score (nSPS) is 14.0. The van der Waals surface area contributed by atoms with Gasteiger partial charge in [-0.1, -0.05) is 31.2 Å². The van der Waals surface area contributed by atoms with Gasteiger partial charge >= 0.3 is 0 Å². The Hall–Kier alpha value is -3.46. The van der Waals surface area contributed by atoms with E-state index in [0.717, 1.165) is 46.5 Å². The van der Waals surface area contributed by atoms with Gasteiger partial charge in [-0.2, -0.15) is 5.26 Å². The molecule has 1 aliphatic heterocycles. The number of fused-ring (bicyclic) bond motifs is 2. The zero-order valence-corrected chi connectivity index (χ0v) is 17.3. The molecule has 154 valence electrons. The summed E-state index contributed by atoms with van der Waals surface area (Å²) < 4.78 is 13.4.